The number of nitrogens with one attached hydrogen (secondary N) is 1. The molecule has 2 aromatic heterocycles. The quantitative estimate of drug-likeness (QED) is 0.448. The number of fused-ring (bicyclic) bond motifs is 3. The smallest absolute Gasteiger partial charge is 0.194 e. The van der Waals surface area contributed by atoms with Crippen molar-refractivity contribution in [2.75, 3.05) is 11.9 Å². The van der Waals surface area contributed by atoms with Gasteiger partial charge in [-0.25, -0.2) is 4.98 Å². The van der Waals surface area contributed by atoms with Gasteiger partial charge in [-0.15, -0.1) is 11.3 Å². The first-order valence-electron chi connectivity index (χ1n) is 10.3. The second-order valence-corrected chi connectivity index (χ2v) is 8.74. The summed E-state index contributed by atoms with van der Waals surface area (Å²) in [7, 11) is 0. The van der Waals surface area contributed by atoms with Crippen LogP contribution in [0.5, 0.6) is 0 Å². The van der Waals surface area contributed by atoms with E-state index in [1.165, 1.54) is 36.3 Å². The van der Waals surface area contributed by atoms with E-state index in [-0.39, 0.29) is 0 Å². The minimum absolute atomic E-state index is 0.438. The van der Waals surface area contributed by atoms with E-state index in [2.05, 4.69) is 40.2 Å². The van der Waals surface area contributed by atoms with Crippen molar-refractivity contribution in [2.24, 2.45) is 0 Å². The summed E-state index contributed by atoms with van der Waals surface area (Å²) in [5.41, 5.74) is 5.67. The largest absolute Gasteiger partial charge is 0.388 e. The number of hydrogen-bond donors (Lipinski definition) is 2. The molecular formula is C24H25N3OS. The Hall–Kier alpha value is -2.63. The van der Waals surface area contributed by atoms with Gasteiger partial charge in [0.2, 0.25) is 0 Å². The van der Waals surface area contributed by atoms with Gasteiger partial charge in [0, 0.05) is 34.6 Å². The number of aryl methyl sites for hydroxylation is 2. The van der Waals surface area contributed by atoms with Crippen molar-refractivity contribution in [3.05, 3.63) is 76.9 Å². The maximum Gasteiger partial charge on any atom is 0.194 e. The third kappa shape index (κ3) is 3.80. The maximum atomic E-state index is 10.3. The van der Waals surface area contributed by atoms with Crippen LogP contribution >= 0.6 is 11.3 Å². The summed E-state index contributed by atoms with van der Waals surface area (Å²) in [6.45, 7) is 0.724. The second-order valence-electron chi connectivity index (χ2n) is 7.68. The lowest BCUT2D eigenvalue weighted by Crippen LogP contribution is -2.07. The van der Waals surface area contributed by atoms with Crippen LogP contribution in [0.2, 0.25) is 0 Å². The van der Waals surface area contributed by atoms with E-state index >= 15 is 0 Å². The first-order chi connectivity index (χ1) is 14.3. The molecule has 1 unspecified atom stereocenters. The Bertz CT molecular complexity index is 1100. The van der Waals surface area contributed by atoms with Crippen molar-refractivity contribution >= 4 is 22.0 Å². The first kappa shape index (κ1) is 18.4. The molecule has 0 saturated heterocycles. The molecule has 0 radical (unpaired) electrons. The second kappa shape index (κ2) is 8.01. The average Bonchev–Trinajstić information content (AvgIpc) is 3.33. The molecule has 0 saturated carbocycles. The number of aromatic nitrogens is 2. The van der Waals surface area contributed by atoms with E-state index in [1.807, 2.05) is 41.7 Å². The fraction of sp³-hybridized carbons (Fsp3) is 0.292. The fourth-order valence-corrected chi connectivity index (χ4v) is 5.25. The van der Waals surface area contributed by atoms with Gasteiger partial charge in [0.1, 0.15) is 0 Å². The van der Waals surface area contributed by atoms with Gasteiger partial charge in [-0.1, -0.05) is 42.5 Å². The van der Waals surface area contributed by atoms with Gasteiger partial charge >= 0.3 is 0 Å². The number of thiazole rings is 1. The minimum atomic E-state index is -0.438. The number of hydrogen-bond acceptors (Lipinski definition) is 4. The third-order valence-corrected chi connectivity index (χ3v) is 6.84. The Kier molecular flexibility index (Phi) is 5.08. The van der Waals surface area contributed by atoms with Gasteiger partial charge < -0.3 is 10.4 Å². The molecule has 0 spiro atoms. The molecule has 4 nitrogen and oxygen atoms in total. The van der Waals surface area contributed by atoms with Crippen LogP contribution in [0, 0.1) is 0 Å². The number of nitrogens with zero attached hydrogens (tertiary/aromatic N) is 2. The van der Waals surface area contributed by atoms with Gasteiger partial charge in [0.15, 0.2) is 4.96 Å². The van der Waals surface area contributed by atoms with E-state index in [0.717, 1.165) is 34.0 Å². The zero-order valence-corrected chi connectivity index (χ0v) is 17.2. The molecule has 0 bridgehead atoms. The van der Waals surface area contributed by atoms with Gasteiger partial charge in [-0.3, -0.25) is 4.40 Å². The van der Waals surface area contributed by atoms with Gasteiger partial charge in [-0.05, 0) is 49.8 Å². The summed E-state index contributed by atoms with van der Waals surface area (Å²) in [5.74, 6) is 0. The molecule has 2 aromatic carbocycles. The Morgan fingerprint density at radius 2 is 1.83 bits per heavy atom. The highest BCUT2D eigenvalue weighted by Crippen LogP contribution is 2.32. The number of anilines is 1. The van der Waals surface area contributed by atoms with Crippen molar-refractivity contribution in [3.8, 4) is 11.3 Å². The molecule has 0 aliphatic heterocycles. The van der Waals surface area contributed by atoms with E-state index in [4.69, 9.17) is 4.98 Å². The Labute approximate surface area is 174 Å². The van der Waals surface area contributed by atoms with Crippen LogP contribution in [-0.4, -0.2) is 21.0 Å². The summed E-state index contributed by atoms with van der Waals surface area (Å²) in [5, 5.41) is 13.7. The number of aliphatic hydroxyl groups excluding tert-OH is 1. The topological polar surface area (TPSA) is 49.6 Å². The van der Waals surface area contributed by atoms with Gasteiger partial charge in [-0.2, -0.15) is 0 Å². The highest BCUT2D eigenvalue weighted by molar-refractivity contribution is 7.17. The SMILES string of the molecule is OC(CCNc1ccc(-c2cn3c4c(sc3n2)CCCC4)cc1)c1ccccc1. The summed E-state index contributed by atoms with van der Waals surface area (Å²) in [6, 6.07) is 18.2. The predicted molar refractivity (Wildman–Crippen MR) is 120 cm³/mol. The Morgan fingerprint density at radius 3 is 2.66 bits per heavy atom. The zero-order chi connectivity index (χ0) is 19.6. The Balaban J connectivity index is 1.23. The number of imidazole rings is 1. The van der Waals surface area contributed by atoms with E-state index < -0.39 is 6.10 Å². The van der Waals surface area contributed by atoms with Gasteiger partial charge in [0.05, 0.1) is 11.8 Å². The lowest BCUT2D eigenvalue weighted by atomic mass is 10.0. The molecule has 29 heavy (non-hydrogen) atoms. The number of rotatable bonds is 6. The molecule has 2 N–H and O–H groups in total. The third-order valence-electron chi connectivity index (χ3n) is 5.68. The van der Waals surface area contributed by atoms with Crippen LogP contribution in [-0.2, 0) is 12.8 Å². The predicted octanol–water partition coefficient (Wildman–Crippen LogP) is 5.48. The van der Waals surface area contributed by atoms with Crippen molar-refractivity contribution < 1.29 is 5.11 Å². The van der Waals surface area contributed by atoms with Crippen LogP contribution in [0.25, 0.3) is 16.2 Å². The molecule has 1 atom stereocenters. The van der Waals surface area contributed by atoms with Crippen LogP contribution in [0.1, 0.15) is 41.5 Å². The van der Waals surface area contributed by atoms with E-state index in [0.29, 0.717) is 6.42 Å². The van der Waals surface area contributed by atoms with Crippen molar-refractivity contribution in [2.45, 2.75) is 38.2 Å². The molecule has 5 rings (SSSR count). The molecule has 1 aliphatic carbocycles. The molecule has 4 aromatic rings. The van der Waals surface area contributed by atoms with E-state index in [9.17, 15) is 5.11 Å². The van der Waals surface area contributed by atoms with Crippen LogP contribution in [0.15, 0.2) is 60.8 Å². The molecule has 2 heterocycles. The monoisotopic (exact) mass is 403 g/mol. The fourth-order valence-electron chi connectivity index (χ4n) is 4.06. The molecular weight excluding hydrogens is 378 g/mol. The Morgan fingerprint density at radius 1 is 1.03 bits per heavy atom. The van der Waals surface area contributed by atoms with Crippen LogP contribution in [0.3, 0.4) is 0 Å². The maximum absolute atomic E-state index is 10.3. The minimum Gasteiger partial charge on any atom is -0.388 e. The molecule has 0 amide bonds. The normalized spacial score (nSPS) is 14.7. The first-order valence-corrected chi connectivity index (χ1v) is 11.2. The van der Waals surface area contributed by atoms with Crippen LogP contribution < -0.4 is 5.32 Å². The summed E-state index contributed by atoms with van der Waals surface area (Å²) in [6.07, 6.45) is 7.39. The lowest BCUT2D eigenvalue weighted by Gasteiger charge is -2.12. The number of aliphatic hydroxyl groups is 1. The van der Waals surface area contributed by atoms with Crippen molar-refractivity contribution in [1.29, 1.82) is 0 Å². The molecule has 5 heteroatoms. The molecule has 0 fully saturated rings. The summed E-state index contributed by atoms with van der Waals surface area (Å²) < 4.78 is 2.30. The standard InChI is InChI=1S/C24H25N3OS/c28-22(18-6-2-1-3-7-18)14-15-25-19-12-10-17(11-13-19)20-16-27-21-8-4-5-9-23(21)29-24(27)26-20/h1-3,6-7,10-13,16,22,25,28H,4-5,8-9,14-15H2. The average molecular weight is 404 g/mol. The van der Waals surface area contributed by atoms with Crippen molar-refractivity contribution in [1.82, 2.24) is 9.38 Å². The summed E-state index contributed by atoms with van der Waals surface area (Å²) >= 11 is 1.85. The van der Waals surface area contributed by atoms with Crippen LogP contribution in [0.4, 0.5) is 5.69 Å². The van der Waals surface area contributed by atoms with E-state index in [1.54, 1.807) is 0 Å². The van der Waals surface area contributed by atoms with Crippen molar-refractivity contribution in [3.63, 3.8) is 0 Å². The molecule has 148 valence electrons. The molecule has 1 aliphatic rings. The lowest BCUT2D eigenvalue weighted by molar-refractivity contribution is 0.171. The number of benzene rings is 2. The highest BCUT2D eigenvalue weighted by atomic mass is 32.1. The zero-order valence-electron chi connectivity index (χ0n) is 16.3. The highest BCUT2D eigenvalue weighted by Gasteiger charge is 2.18. The van der Waals surface area contributed by atoms with Gasteiger partial charge in [0.25, 0.3) is 0 Å². The summed E-state index contributed by atoms with van der Waals surface area (Å²) in [4.78, 5) is 7.50.